The van der Waals surface area contributed by atoms with E-state index in [1.807, 2.05) is 18.3 Å². The fourth-order valence-corrected chi connectivity index (χ4v) is 3.37. The molecule has 1 saturated heterocycles. The third kappa shape index (κ3) is 3.05. The standard InChI is InChI=1S/C18H21N5/c1-4-14(16-8-10-19-17(16)6-1)12-20-15-5-3-11-23(13-15)18-7-2-9-21-22-18/h1-2,4,6-10,15,19-20H,3,5,11-13H2. The molecule has 0 saturated carbocycles. The summed E-state index contributed by atoms with van der Waals surface area (Å²) < 4.78 is 0. The van der Waals surface area contributed by atoms with Gasteiger partial charge >= 0.3 is 0 Å². The lowest BCUT2D eigenvalue weighted by Crippen LogP contribution is -2.45. The Kier molecular flexibility index (Phi) is 3.94. The van der Waals surface area contributed by atoms with Crippen LogP contribution in [0.25, 0.3) is 10.9 Å². The lowest BCUT2D eigenvalue weighted by molar-refractivity contribution is 0.420. The number of H-pyrrole nitrogens is 1. The van der Waals surface area contributed by atoms with Crippen molar-refractivity contribution in [1.82, 2.24) is 20.5 Å². The van der Waals surface area contributed by atoms with E-state index in [0.29, 0.717) is 6.04 Å². The summed E-state index contributed by atoms with van der Waals surface area (Å²) in [4.78, 5) is 5.60. The van der Waals surface area contributed by atoms with Crippen molar-refractivity contribution in [2.45, 2.75) is 25.4 Å². The van der Waals surface area contributed by atoms with Crippen LogP contribution < -0.4 is 10.2 Å². The van der Waals surface area contributed by atoms with Gasteiger partial charge in [0.2, 0.25) is 0 Å². The second kappa shape index (κ2) is 6.38. The Labute approximate surface area is 135 Å². The van der Waals surface area contributed by atoms with E-state index in [2.05, 4.69) is 49.7 Å². The summed E-state index contributed by atoms with van der Waals surface area (Å²) in [6.07, 6.45) is 6.12. The highest BCUT2D eigenvalue weighted by Crippen LogP contribution is 2.19. The predicted molar refractivity (Wildman–Crippen MR) is 92.4 cm³/mol. The van der Waals surface area contributed by atoms with Gasteiger partial charge < -0.3 is 15.2 Å². The molecule has 0 spiro atoms. The first-order valence-corrected chi connectivity index (χ1v) is 8.21. The Morgan fingerprint density at radius 2 is 2.22 bits per heavy atom. The van der Waals surface area contributed by atoms with E-state index in [9.17, 15) is 0 Å². The monoisotopic (exact) mass is 307 g/mol. The molecule has 4 rings (SSSR count). The number of aromatic nitrogens is 3. The lowest BCUT2D eigenvalue weighted by Gasteiger charge is -2.33. The summed E-state index contributed by atoms with van der Waals surface area (Å²) in [5, 5.41) is 13.2. The molecule has 2 N–H and O–H groups in total. The molecule has 1 unspecified atom stereocenters. The second-order valence-electron chi connectivity index (χ2n) is 6.10. The topological polar surface area (TPSA) is 56.8 Å². The highest BCUT2D eigenvalue weighted by atomic mass is 15.3. The molecule has 0 radical (unpaired) electrons. The van der Waals surface area contributed by atoms with Crippen molar-refractivity contribution in [3.8, 4) is 0 Å². The minimum Gasteiger partial charge on any atom is -0.361 e. The van der Waals surface area contributed by atoms with Crippen LogP contribution in [0.3, 0.4) is 0 Å². The fraction of sp³-hybridized carbons (Fsp3) is 0.333. The minimum absolute atomic E-state index is 0.486. The molecule has 1 fully saturated rings. The summed E-state index contributed by atoms with van der Waals surface area (Å²) in [6.45, 7) is 2.94. The number of benzene rings is 1. The molecule has 1 aliphatic rings. The maximum absolute atomic E-state index is 4.23. The summed E-state index contributed by atoms with van der Waals surface area (Å²) in [5.74, 6) is 0.978. The average Bonchev–Trinajstić information content (AvgIpc) is 3.10. The van der Waals surface area contributed by atoms with Crippen LogP contribution in [-0.4, -0.2) is 34.3 Å². The average molecular weight is 307 g/mol. The molecule has 1 aromatic carbocycles. The van der Waals surface area contributed by atoms with Crippen LogP contribution >= 0.6 is 0 Å². The van der Waals surface area contributed by atoms with Gasteiger partial charge in [-0.05, 0) is 42.7 Å². The molecule has 0 amide bonds. The van der Waals surface area contributed by atoms with Gasteiger partial charge in [-0.2, -0.15) is 5.10 Å². The maximum Gasteiger partial charge on any atom is 0.151 e. The molecule has 3 aromatic rings. The van der Waals surface area contributed by atoms with Gasteiger partial charge in [-0.1, -0.05) is 12.1 Å². The van der Waals surface area contributed by atoms with E-state index in [0.717, 1.165) is 25.5 Å². The largest absolute Gasteiger partial charge is 0.361 e. The first kappa shape index (κ1) is 14.2. The van der Waals surface area contributed by atoms with Crippen molar-refractivity contribution < 1.29 is 0 Å². The van der Waals surface area contributed by atoms with Crippen LogP contribution in [0.4, 0.5) is 5.82 Å². The number of nitrogens with one attached hydrogen (secondary N) is 2. The summed E-state index contributed by atoms with van der Waals surface area (Å²) in [7, 11) is 0. The number of hydrogen-bond donors (Lipinski definition) is 2. The van der Waals surface area contributed by atoms with Gasteiger partial charge in [0.05, 0.1) is 0 Å². The lowest BCUT2D eigenvalue weighted by atomic mass is 10.0. The van der Waals surface area contributed by atoms with Crippen molar-refractivity contribution in [2.75, 3.05) is 18.0 Å². The number of piperidine rings is 1. The van der Waals surface area contributed by atoms with Gasteiger partial charge in [-0.25, -0.2) is 0 Å². The molecule has 5 heteroatoms. The van der Waals surface area contributed by atoms with Crippen LogP contribution in [0.15, 0.2) is 48.8 Å². The van der Waals surface area contributed by atoms with Crippen molar-refractivity contribution in [3.05, 3.63) is 54.4 Å². The van der Waals surface area contributed by atoms with E-state index < -0.39 is 0 Å². The Hall–Kier alpha value is -2.40. The summed E-state index contributed by atoms with van der Waals surface area (Å²) in [5.41, 5.74) is 2.55. The van der Waals surface area contributed by atoms with E-state index in [4.69, 9.17) is 0 Å². The molecule has 23 heavy (non-hydrogen) atoms. The normalized spacial score (nSPS) is 18.4. The number of fused-ring (bicyclic) bond motifs is 1. The molecule has 2 aromatic heterocycles. The van der Waals surface area contributed by atoms with Crippen LogP contribution in [0.5, 0.6) is 0 Å². The molecular weight excluding hydrogens is 286 g/mol. The third-order valence-electron chi connectivity index (χ3n) is 4.57. The second-order valence-corrected chi connectivity index (χ2v) is 6.10. The smallest absolute Gasteiger partial charge is 0.151 e. The van der Waals surface area contributed by atoms with Crippen molar-refractivity contribution in [1.29, 1.82) is 0 Å². The minimum atomic E-state index is 0.486. The van der Waals surface area contributed by atoms with Gasteiger partial charge in [0.15, 0.2) is 5.82 Å². The Balaban J connectivity index is 1.42. The van der Waals surface area contributed by atoms with Gasteiger partial charge in [-0.3, -0.25) is 0 Å². The molecule has 1 aliphatic heterocycles. The number of nitrogens with zero attached hydrogens (tertiary/aromatic N) is 3. The first-order valence-electron chi connectivity index (χ1n) is 8.21. The maximum atomic E-state index is 4.23. The Morgan fingerprint density at radius 3 is 3.13 bits per heavy atom. The molecule has 0 bridgehead atoms. The number of aromatic amines is 1. The zero-order chi connectivity index (χ0) is 15.5. The van der Waals surface area contributed by atoms with E-state index in [-0.39, 0.29) is 0 Å². The Morgan fingerprint density at radius 1 is 1.22 bits per heavy atom. The van der Waals surface area contributed by atoms with Crippen LogP contribution in [0, 0.1) is 0 Å². The van der Waals surface area contributed by atoms with E-state index in [1.54, 1.807) is 6.20 Å². The predicted octanol–water partition coefficient (Wildman–Crippen LogP) is 2.72. The third-order valence-corrected chi connectivity index (χ3v) is 4.57. The quantitative estimate of drug-likeness (QED) is 0.778. The highest BCUT2D eigenvalue weighted by Gasteiger charge is 2.20. The van der Waals surface area contributed by atoms with Crippen molar-refractivity contribution >= 4 is 16.7 Å². The zero-order valence-electron chi connectivity index (χ0n) is 13.1. The zero-order valence-corrected chi connectivity index (χ0v) is 13.1. The van der Waals surface area contributed by atoms with E-state index in [1.165, 1.54) is 29.3 Å². The van der Waals surface area contributed by atoms with Gasteiger partial charge in [-0.15, -0.1) is 5.10 Å². The van der Waals surface area contributed by atoms with Crippen LogP contribution in [0.2, 0.25) is 0 Å². The van der Waals surface area contributed by atoms with Gasteiger partial charge in [0.1, 0.15) is 0 Å². The molecule has 3 heterocycles. The summed E-state index contributed by atoms with van der Waals surface area (Å²) in [6, 6.07) is 13.1. The molecule has 118 valence electrons. The molecule has 5 nitrogen and oxygen atoms in total. The SMILES string of the molecule is c1cnnc(N2CCCC(NCc3cccc4[nH]ccc34)C2)c1. The summed E-state index contributed by atoms with van der Waals surface area (Å²) >= 11 is 0. The Bertz CT molecular complexity index is 767. The number of hydrogen-bond acceptors (Lipinski definition) is 4. The van der Waals surface area contributed by atoms with Crippen molar-refractivity contribution in [3.63, 3.8) is 0 Å². The highest BCUT2D eigenvalue weighted by molar-refractivity contribution is 5.82. The van der Waals surface area contributed by atoms with Crippen LogP contribution in [-0.2, 0) is 6.54 Å². The number of anilines is 1. The number of rotatable bonds is 4. The van der Waals surface area contributed by atoms with Gasteiger partial charge in [0, 0.05) is 49.0 Å². The van der Waals surface area contributed by atoms with Crippen molar-refractivity contribution in [2.24, 2.45) is 0 Å². The fourth-order valence-electron chi connectivity index (χ4n) is 3.37. The van der Waals surface area contributed by atoms with Gasteiger partial charge in [0.25, 0.3) is 0 Å². The molecule has 0 aliphatic carbocycles. The molecular formula is C18H21N5. The van der Waals surface area contributed by atoms with Crippen LogP contribution in [0.1, 0.15) is 18.4 Å². The molecule has 1 atom stereocenters. The van der Waals surface area contributed by atoms with E-state index >= 15 is 0 Å². The first-order chi connectivity index (χ1) is 11.4.